The molecule has 0 saturated carbocycles. The van der Waals surface area contributed by atoms with E-state index in [1.165, 1.54) is 6.07 Å². The fourth-order valence-electron chi connectivity index (χ4n) is 1.77. The highest BCUT2D eigenvalue weighted by Crippen LogP contribution is 2.26. The Hall–Kier alpha value is -0.630. The maximum atomic E-state index is 12.2. The number of rotatable bonds is 9. The molecule has 0 bridgehead atoms. The number of nitrogens with one attached hydrogen (secondary N) is 1. The number of nitrogens with two attached hydrogens (primary N) is 1. The molecule has 1 aromatic carbocycles. The molecule has 21 heavy (non-hydrogen) atoms. The van der Waals surface area contributed by atoms with Crippen molar-refractivity contribution in [2.24, 2.45) is 0 Å². The third kappa shape index (κ3) is 5.94. The molecule has 7 heteroatoms. The predicted molar refractivity (Wildman–Crippen MR) is 88.8 cm³/mol. The Labute approximate surface area is 135 Å². The van der Waals surface area contributed by atoms with Crippen molar-refractivity contribution >= 4 is 31.6 Å². The second kappa shape index (κ2) is 8.73. The number of sulfonamides is 1. The minimum absolute atomic E-state index is 0.218. The summed E-state index contributed by atoms with van der Waals surface area (Å²) in [7, 11) is -3.53. The van der Waals surface area contributed by atoms with Crippen LogP contribution in [0.3, 0.4) is 0 Å². The van der Waals surface area contributed by atoms with Gasteiger partial charge >= 0.3 is 0 Å². The zero-order chi connectivity index (χ0) is 15.9. The summed E-state index contributed by atoms with van der Waals surface area (Å²) in [5.74, 6) is 0. The molecule has 0 radical (unpaired) electrons. The lowest BCUT2D eigenvalue weighted by molar-refractivity contribution is 0.130. The standard InChI is InChI=1S/C14H23BrN2O3S/c1-3-4-7-20-8-5-6-17-21(18,19)14-10-13(16)12(15)9-11(14)2/h9-10,17H,3-8,16H2,1-2H3. The van der Waals surface area contributed by atoms with Crippen molar-refractivity contribution in [2.75, 3.05) is 25.5 Å². The SMILES string of the molecule is CCCCOCCCNS(=O)(=O)c1cc(N)c(Br)cc1C. The molecule has 0 unspecified atom stereocenters. The van der Waals surface area contributed by atoms with Crippen molar-refractivity contribution < 1.29 is 13.2 Å². The summed E-state index contributed by atoms with van der Waals surface area (Å²) in [4.78, 5) is 0.218. The average Bonchev–Trinajstić information content (AvgIpc) is 2.41. The van der Waals surface area contributed by atoms with Crippen LogP contribution < -0.4 is 10.5 Å². The molecule has 0 saturated heterocycles. The molecule has 1 rings (SSSR count). The number of hydrogen-bond acceptors (Lipinski definition) is 4. The Morgan fingerprint density at radius 1 is 1.29 bits per heavy atom. The monoisotopic (exact) mass is 378 g/mol. The molecular weight excluding hydrogens is 356 g/mol. The maximum Gasteiger partial charge on any atom is 0.240 e. The van der Waals surface area contributed by atoms with Gasteiger partial charge in [-0.15, -0.1) is 0 Å². The van der Waals surface area contributed by atoms with Crippen LogP contribution in [0.2, 0.25) is 0 Å². The molecule has 1 aromatic rings. The van der Waals surface area contributed by atoms with Crippen molar-refractivity contribution in [3.63, 3.8) is 0 Å². The van der Waals surface area contributed by atoms with Gasteiger partial charge in [0, 0.05) is 29.9 Å². The van der Waals surface area contributed by atoms with Crippen LogP contribution in [0.4, 0.5) is 5.69 Å². The lowest BCUT2D eigenvalue weighted by Crippen LogP contribution is -2.26. The Kier molecular flexibility index (Phi) is 7.65. The van der Waals surface area contributed by atoms with Crippen molar-refractivity contribution in [1.29, 1.82) is 0 Å². The molecule has 5 nitrogen and oxygen atoms in total. The summed E-state index contributed by atoms with van der Waals surface area (Å²) in [6.07, 6.45) is 2.77. The Balaban J connectivity index is 2.53. The highest BCUT2D eigenvalue weighted by Gasteiger charge is 2.17. The van der Waals surface area contributed by atoms with Crippen molar-refractivity contribution in [2.45, 2.75) is 38.0 Å². The third-order valence-electron chi connectivity index (χ3n) is 2.98. The molecule has 0 aromatic heterocycles. The van der Waals surface area contributed by atoms with E-state index in [1.54, 1.807) is 13.0 Å². The van der Waals surface area contributed by atoms with Crippen LogP contribution in [0.1, 0.15) is 31.7 Å². The van der Waals surface area contributed by atoms with E-state index in [4.69, 9.17) is 10.5 Å². The first-order chi connectivity index (χ1) is 9.88. The lowest BCUT2D eigenvalue weighted by Gasteiger charge is -2.11. The van der Waals surface area contributed by atoms with E-state index >= 15 is 0 Å². The molecule has 0 aliphatic rings. The second-order valence-corrected chi connectivity index (χ2v) is 7.45. The van der Waals surface area contributed by atoms with Crippen LogP contribution in [0, 0.1) is 6.92 Å². The maximum absolute atomic E-state index is 12.2. The van der Waals surface area contributed by atoms with Crippen molar-refractivity contribution in [3.05, 3.63) is 22.2 Å². The number of unbranched alkanes of at least 4 members (excludes halogenated alkanes) is 1. The smallest absolute Gasteiger partial charge is 0.240 e. The van der Waals surface area contributed by atoms with Gasteiger partial charge < -0.3 is 10.5 Å². The minimum Gasteiger partial charge on any atom is -0.398 e. The van der Waals surface area contributed by atoms with Gasteiger partial charge in [0.25, 0.3) is 0 Å². The molecule has 0 atom stereocenters. The van der Waals surface area contributed by atoms with Gasteiger partial charge in [0.2, 0.25) is 10.0 Å². The van der Waals surface area contributed by atoms with Crippen LogP contribution in [0.5, 0.6) is 0 Å². The first-order valence-electron chi connectivity index (χ1n) is 7.01. The molecule has 0 aliphatic heterocycles. The zero-order valence-corrected chi connectivity index (χ0v) is 14.9. The minimum atomic E-state index is -3.53. The van der Waals surface area contributed by atoms with Gasteiger partial charge in [-0.2, -0.15) is 0 Å². The van der Waals surface area contributed by atoms with Crippen molar-refractivity contribution in [3.8, 4) is 0 Å². The molecule has 0 spiro atoms. The van der Waals surface area contributed by atoms with E-state index in [9.17, 15) is 8.42 Å². The van der Waals surface area contributed by atoms with E-state index < -0.39 is 10.0 Å². The summed E-state index contributed by atoms with van der Waals surface area (Å²) >= 11 is 3.28. The molecule has 0 aliphatic carbocycles. The number of nitrogen functional groups attached to an aromatic ring is 1. The zero-order valence-electron chi connectivity index (χ0n) is 12.5. The van der Waals surface area contributed by atoms with E-state index in [2.05, 4.69) is 27.6 Å². The summed E-state index contributed by atoms with van der Waals surface area (Å²) in [6, 6.07) is 3.18. The first kappa shape index (κ1) is 18.4. The predicted octanol–water partition coefficient (Wildman–Crippen LogP) is 2.82. The van der Waals surface area contributed by atoms with Gasteiger partial charge in [0.05, 0.1) is 4.90 Å². The van der Waals surface area contributed by atoms with E-state index in [1.807, 2.05) is 0 Å². The summed E-state index contributed by atoms with van der Waals surface area (Å²) in [5.41, 5.74) is 6.81. The third-order valence-corrected chi connectivity index (χ3v) is 5.27. The number of benzene rings is 1. The Bertz CT molecular complexity index is 562. The van der Waals surface area contributed by atoms with E-state index in [0.29, 0.717) is 35.3 Å². The first-order valence-corrected chi connectivity index (χ1v) is 9.29. The fraction of sp³-hybridized carbons (Fsp3) is 0.571. The average molecular weight is 379 g/mol. The van der Waals surface area contributed by atoms with Crippen molar-refractivity contribution in [1.82, 2.24) is 4.72 Å². The number of ether oxygens (including phenoxy) is 1. The number of hydrogen-bond donors (Lipinski definition) is 2. The van der Waals surface area contributed by atoms with Crippen LogP contribution in [-0.2, 0) is 14.8 Å². The van der Waals surface area contributed by atoms with Gasteiger partial charge in [-0.25, -0.2) is 13.1 Å². The van der Waals surface area contributed by atoms with Crippen LogP contribution in [-0.4, -0.2) is 28.2 Å². The molecule has 3 N–H and O–H groups in total. The lowest BCUT2D eigenvalue weighted by atomic mass is 10.2. The van der Waals surface area contributed by atoms with Gasteiger partial charge in [0.15, 0.2) is 0 Å². The summed E-state index contributed by atoms with van der Waals surface area (Å²) in [6.45, 7) is 5.48. The molecule has 120 valence electrons. The second-order valence-electron chi connectivity index (χ2n) is 4.86. The Morgan fingerprint density at radius 2 is 1.95 bits per heavy atom. The molecule has 0 heterocycles. The highest BCUT2D eigenvalue weighted by atomic mass is 79.9. The van der Waals surface area contributed by atoms with Crippen LogP contribution in [0.15, 0.2) is 21.5 Å². The van der Waals surface area contributed by atoms with E-state index in [-0.39, 0.29) is 4.90 Å². The number of halogens is 1. The number of aryl methyl sites for hydroxylation is 1. The van der Waals surface area contributed by atoms with Gasteiger partial charge in [-0.1, -0.05) is 13.3 Å². The number of anilines is 1. The summed E-state index contributed by atoms with van der Waals surface area (Å²) < 4.78 is 33.1. The Morgan fingerprint density at radius 3 is 2.62 bits per heavy atom. The summed E-state index contributed by atoms with van der Waals surface area (Å²) in [5, 5.41) is 0. The molecule has 0 amide bonds. The van der Waals surface area contributed by atoms with Gasteiger partial charge in [0.1, 0.15) is 0 Å². The highest BCUT2D eigenvalue weighted by molar-refractivity contribution is 9.10. The fourth-order valence-corrected chi connectivity index (χ4v) is 3.56. The molecular formula is C14H23BrN2O3S. The topological polar surface area (TPSA) is 81.4 Å². The van der Waals surface area contributed by atoms with Crippen LogP contribution >= 0.6 is 15.9 Å². The van der Waals surface area contributed by atoms with Gasteiger partial charge in [-0.05, 0) is 53.4 Å². The largest absolute Gasteiger partial charge is 0.398 e. The van der Waals surface area contributed by atoms with Gasteiger partial charge in [-0.3, -0.25) is 0 Å². The normalized spacial score (nSPS) is 11.8. The molecule has 0 fully saturated rings. The quantitative estimate of drug-likeness (QED) is 0.511. The van der Waals surface area contributed by atoms with Crippen LogP contribution in [0.25, 0.3) is 0 Å². The van der Waals surface area contributed by atoms with E-state index in [0.717, 1.165) is 19.4 Å².